The maximum Gasteiger partial charge on any atom is 0.224 e. The topological polar surface area (TPSA) is 96.6 Å². The number of hydrogen-bond acceptors (Lipinski definition) is 6. The molecule has 1 amide bonds. The zero-order valence-corrected chi connectivity index (χ0v) is 13.8. The highest BCUT2D eigenvalue weighted by Gasteiger charge is 2.47. The predicted octanol–water partition coefficient (Wildman–Crippen LogP) is -0.760. The molecule has 2 saturated heterocycles. The Hall–Kier alpha value is -1.51. The molecule has 0 aliphatic carbocycles. The lowest BCUT2D eigenvalue weighted by Crippen LogP contribution is -2.60. The second-order valence-electron chi connectivity index (χ2n) is 6.13. The predicted molar refractivity (Wildman–Crippen MR) is 86.3 cm³/mol. The Morgan fingerprint density at radius 2 is 2.04 bits per heavy atom. The summed E-state index contributed by atoms with van der Waals surface area (Å²) >= 11 is 0. The molecule has 2 aliphatic heterocycles. The third-order valence-electron chi connectivity index (χ3n) is 4.56. The number of piperazine rings is 1. The summed E-state index contributed by atoms with van der Waals surface area (Å²) < 4.78 is 24.2. The molecule has 126 valence electrons. The summed E-state index contributed by atoms with van der Waals surface area (Å²) in [6.07, 6.45) is 2.00. The van der Waals surface area contributed by atoms with Crippen LogP contribution in [0.1, 0.15) is 12.1 Å². The smallest absolute Gasteiger partial charge is 0.224 e. The van der Waals surface area contributed by atoms with E-state index >= 15 is 0 Å². The van der Waals surface area contributed by atoms with Crippen molar-refractivity contribution in [2.45, 2.75) is 25.0 Å². The van der Waals surface area contributed by atoms with E-state index < -0.39 is 9.84 Å². The highest BCUT2D eigenvalue weighted by atomic mass is 32.2. The van der Waals surface area contributed by atoms with E-state index in [0.717, 1.165) is 5.69 Å². The number of amides is 1. The maximum absolute atomic E-state index is 12.2. The van der Waals surface area contributed by atoms with Gasteiger partial charge in [0.25, 0.3) is 0 Å². The van der Waals surface area contributed by atoms with Crippen molar-refractivity contribution in [1.29, 1.82) is 0 Å². The molecule has 8 heteroatoms. The van der Waals surface area contributed by atoms with Gasteiger partial charge in [-0.25, -0.2) is 8.42 Å². The molecule has 2 atom stereocenters. The van der Waals surface area contributed by atoms with E-state index in [-0.39, 0.29) is 42.5 Å². The SMILES string of the molecule is NCCC(=O)N1CCN(Cc2ccccn2)[C@@H]2CS(=O)(=O)C[C@@H]21. The Morgan fingerprint density at radius 1 is 1.26 bits per heavy atom. The summed E-state index contributed by atoms with van der Waals surface area (Å²) in [6.45, 7) is 2.10. The molecule has 0 radical (unpaired) electrons. The van der Waals surface area contributed by atoms with E-state index in [1.54, 1.807) is 11.1 Å². The van der Waals surface area contributed by atoms with Gasteiger partial charge in [-0.2, -0.15) is 0 Å². The Balaban J connectivity index is 1.79. The van der Waals surface area contributed by atoms with Gasteiger partial charge in [-0.1, -0.05) is 6.07 Å². The molecular formula is C15H22N4O3S. The van der Waals surface area contributed by atoms with Crippen LogP contribution in [0.3, 0.4) is 0 Å². The van der Waals surface area contributed by atoms with Crippen molar-refractivity contribution in [3.63, 3.8) is 0 Å². The van der Waals surface area contributed by atoms with Crippen molar-refractivity contribution < 1.29 is 13.2 Å². The standard InChI is InChI=1S/C15H22N4O3S/c16-5-4-15(20)19-8-7-18(9-12-3-1-2-6-17-12)13-10-23(21,22)11-14(13)19/h1-3,6,13-14H,4-5,7-11,16H2/t13-,14+/m1/s1. The number of hydrogen-bond donors (Lipinski definition) is 1. The number of carbonyl (C=O) groups is 1. The van der Waals surface area contributed by atoms with Gasteiger partial charge in [0, 0.05) is 44.8 Å². The number of nitrogens with zero attached hydrogens (tertiary/aromatic N) is 3. The number of aromatic nitrogens is 1. The first kappa shape index (κ1) is 16.4. The number of pyridine rings is 1. The van der Waals surface area contributed by atoms with Crippen LogP contribution in [0.4, 0.5) is 0 Å². The minimum absolute atomic E-state index is 0.0444. The first-order valence-electron chi connectivity index (χ1n) is 7.84. The molecule has 2 fully saturated rings. The Bertz CT molecular complexity index is 665. The van der Waals surface area contributed by atoms with Crippen LogP contribution >= 0.6 is 0 Å². The van der Waals surface area contributed by atoms with Gasteiger partial charge in [0.15, 0.2) is 9.84 Å². The quantitative estimate of drug-likeness (QED) is 0.775. The van der Waals surface area contributed by atoms with Gasteiger partial charge < -0.3 is 10.6 Å². The highest BCUT2D eigenvalue weighted by molar-refractivity contribution is 7.91. The second-order valence-corrected chi connectivity index (χ2v) is 8.28. The van der Waals surface area contributed by atoms with Crippen molar-refractivity contribution in [1.82, 2.24) is 14.8 Å². The minimum Gasteiger partial charge on any atom is -0.336 e. The van der Waals surface area contributed by atoms with Crippen LogP contribution in [0.5, 0.6) is 0 Å². The Kier molecular flexibility index (Phi) is 4.65. The number of rotatable bonds is 4. The fourth-order valence-electron chi connectivity index (χ4n) is 3.50. The number of nitrogens with two attached hydrogens (primary N) is 1. The van der Waals surface area contributed by atoms with E-state index in [1.807, 2.05) is 18.2 Å². The molecule has 3 rings (SSSR count). The van der Waals surface area contributed by atoms with E-state index in [4.69, 9.17) is 5.73 Å². The molecule has 1 aromatic rings. The van der Waals surface area contributed by atoms with Gasteiger partial charge >= 0.3 is 0 Å². The van der Waals surface area contributed by atoms with Crippen molar-refractivity contribution >= 4 is 15.7 Å². The molecule has 23 heavy (non-hydrogen) atoms. The summed E-state index contributed by atoms with van der Waals surface area (Å²) in [5.74, 6) is 0.112. The van der Waals surface area contributed by atoms with Crippen molar-refractivity contribution in [3.8, 4) is 0 Å². The largest absolute Gasteiger partial charge is 0.336 e. The van der Waals surface area contributed by atoms with Crippen molar-refractivity contribution in [2.24, 2.45) is 5.73 Å². The summed E-state index contributed by atoms with van der Waals surface area (Å²) in [5, 5.41) is 0. The lowest BCUT2D eigenvalue weighted by Gasteiger charge is -2.43. The number of carbonyl (C=O) groups excluding carboxylic acids is 1. The average molecular weight is 338 g/mol. The number of sulfone groups is 1. The van der Waals surface area contributed by atoms with Crippen LogP contribution in [0.25, 0.3) is 0 Å². The Labute approximate surface area is 136 Å². The molecule has 0 saturated carbocycles. The van der Waals surface area contributed by atoms with Gasteiger partial charge in [-0.3, -0.25) is 14.7 Å². The lowest BCUT2D eigenvalue weighted by atomic mass is 10.0. The van der Waals surface area contributed by atoms with E-state index in [0.29, 0.717) is 19.6 Å². The van der Waals surface area contributed by atoms with Gasteiger partial charge in [0.05, 0.1) is 23.2 Å². The Morgan fingerprint density at radius 3 is 2.74 bits per heavy atom. The van der Waals surface area contributed by atoms with Gasteiger partial charge in [-0.05, 0) is 12.1 Å². The summed E-state index contributed by atoms with van der Waals surface area (Å²) in [7, 11) is -3.12. The molecule has 0 spiro atoms. The normalized spacial score (nSPS) is 26.9. The van der Waals surface area contributed by atoms with Crippen LogP contribution < -0.4 is 5.73 Å². The molecular weight excluding hydrogens is 316 g/mol. The molecule has 0 aromatic carbocycles. The highest BCUT2D eigenvalue weighted by Crippen LogP contribution is 2.28. The maximum atomic E-state index is 12.2. The van der Waals surface area contributed by atoms with E-state index in [1.165, 1.54) is 0 Å². The van der Waals surface area contributed by atoms with E-state index in [9.17, 15) is 13.2 Å². The van der Waals surface area contributed by atoms with E-state index in [2.05, 4.69) is 9.88 Å². The molecule has 7 nitrogen and oxygen atoms in total. The fourth-order valence-corrected chi connectivity index (χ4v) is 5.51. The van der Waals surface area contributed by atoms with Crippen molar-refractivity contribution in [3.05, 3.63) is 30.1 Å². The number of fused-ring (bicyclic) bond motifs is 1. The van der Waals surface area contributed by atoms with Crippen LogP contribution in [0, 0.1) is 0 Å². The molecule has 3 heterocycles. The molecule has 0 unspecified atom stereocenters. The minimum atomic E-state index is -3.12. The molecule has 1 aromatic heterocycles. The van der Waals surface area contributed by atoms with Gasteiger partial charge in [0.1, 0.15) is 0 Å². The van der Waals surface area contributed by atoms with Crippen LogP contribution in [-0.2, 0) is 21.2 Å². The zero-order chi connectivity index (χ0) is 16.4. The average Bonchev–Trinajstić information content (AvgIpc) is 2.84. The summed E-state index contributed by atoms with van der Waals surface area (Å²) in [6, 6.07) is 5.29. The van der Waals surface area contributed by atoms with Crippen molar-refractivity contribution in [2.75, 3.05) is 31.1 Å². The van der Waals surface area contributed by atoms with Gasteiger partial charge in [-0.15, -0.1) is 0 Å². The lowest BCUT2D eigenvalue weighted by molar-refractivity contribution is -0.136. The fraction of sp³-hybridized carbons (Fsp3) is 0.600. The first-order chi connectivity index (χ1) is 11.0. The summed E-state index contributed by atoms with van der Waals surface area (Å²) in [5.41, 5.74) is 6.39. The van der Waals surface area contributed by atoms with Crippen LogP contribution in [0.15, 0.2) is 24.4 Å². The van der Waals surface area contributed by atoms with Crippen LogP contribution in [0.2, 0.25) is 0 Å². The van der Waals surface area contributed by atoms with Gasteiger partial charge in [0.2, 0.25) is 5.91 Å². The third-order valence-corrected chi connectivity index (χ3v) is 6.26. The van der Waals surface area contributed by atoms with Crippen LogP contribution in [-0.4, -0.2) is 72.3 Å². The summed E-state index contributed by atoms with van der Waals surface area (Å²) in [4.78, 5) is 20.4. The molecule has 2 N–H and O–H groups in total. The molecule has 2 aliphatic rings. The zero-order valence-electron chi connectivity index (χ0n) is 13.0. The second kappa shape index (κ2) is 6.54. The molecule has 0 bridgehead atoms. The first-order valence-corrected chi connectivity index (χ1v) is 9.66. The monoisotopic (exact) mass is 338 g/mol. The third kappa shape index (κ3) is 3.54.